The van der Waals surface area contributed by atoms with E-state index in [0.29, 0.717) is 21.5 Å². The number of fused-ring (bicyclic) bond motifs is 1. The lowest BCUT2D eigenvalue weighted by molar-refractivity contribution is -0.274. The Morgan fingerprint density at radius 1 is 1.36 bits per heavy atom. The Bertz CT molecular complexity index is 848. The van der Waals surface area contributed by atoms with Crippen LogP contribution >= 0.6 is 23.5 Å². The van der Waals surface area contributed by atoms with E-state index in [9.17, 15) is 18.0 Å². The molecule has 2 aromatic rings. The van der Waals surface area contributed by atoms with Gasteiger partial charge in [0.2, 0.25) is 0 Å². The fourth-order valence-corrected chi connectivity index (χ4v) is 4.13. The first kappa shape index (κ1) is 17.9. The second-order valence-corrected chi connectivity index (χ2v) is 7.14. The highest BCUT2D eigenvalue weighted by atomic mass is 32.2. The van der Waals surface area contributed by atoms with Gasteiger partial charge in [0.1, 0.15) is 5.75 Å². The summed E-state index contributed by atoms with van der Waals surface area (Å²) in [5.41, 5.74) is 1.01. The maximum Gasteiger partial charge on any atom is 0.573 e. The van der Waals surface area contributed by atoms with Gasteiger partial charge in [-0.3, -0.25) is 9.36 Å². The monoisotopic (exact) mass is 386 g/mol. The van der Waals surface area contributed by atoms with Crippen LogP contribution in [0.1, 0.15) is 5.69 Å². The number of nitrogens with zero attached hydrogens (tertiary/aromatic N) is 2. The highest BCUT2D eigenvalue weighted by Gasteiger charge is 2.31. The number of alkyl halides is 3. The molecule has 4 nitrogen and oxygen atoms in total. The molecule has 0 spiro atoms. The van der Waals surface area contributed by atoms with E-state index in [1.54, 1.807) is 6.08 Å². The standard InChI is InChI=1S/C16H13F3N2O2S2/c1-2-8-25-15-20-12-7-9-24-13(12)14(22)21(15)10-3-5-11(6-4-10)23-16(17,18)19/h2-6H,1,7-9H2. The Kier molecular flexibility index (Phi) is 5.14. The van der Waals surface area contributed by atoms with Gasteiger partial charge < -0.3 is 4.74 Å². The maximum absolute atomic E-state index is 12.8. The molecule has 0 aliphatic carbocycles. The molecule has 1 aromatic heterocycles. The van der Waals surface area contributed by atoms with Gasteiger partial charge >= 0.3 is 6.36 Å². The SMILES string of the molecule is C=CCSc1nc2c(c(=O)n1-c1ccc(OC(F)(F)F)cc1)SCC2. The second-order valence-electron chi connectivity index (χ2n) is 5.05. The van der Waals surface area contributed by atoms with Crippen molar-refractivity contribution in [2.24, 2.45) is 0 Å². The molecule has 25 heavy (non-hydrogen) atoms. The van der Waals surface area contributed by atoms with E-state index >= 15 is 0 Å². The summed E-state index contributed by atoms with van der Waals surface area (Å²) in [6.07, 6.45) is -2.32. The van der Waals surface area contributed by atoms with Crippen LogP contribution in [0.3, 0.4) is 0 Å². The number of hydrogen-bond acceptors (Lipinski definition) is 5. The second kappa shape index (κ2) is 7.17. The van der Waals surface area contributed by atoms with Gasteiger partial charge in [-0.2, -0.15) is 0 Å². The zero-order chi connectivity index (χ0) is 18.0. The third-order valence-corrected chi connectivity index (χ3v) is 5.37. The van der Waals surface area contributed by atoms with Gasteiger partial charge in [0.05, 0.1) is 16.3 Å². The number of rotatable bonds is 5. The van der Waals surface area contributed by atoms with Crippen LogP contribution in [0.25, 0.3) is 5.69 Å². The van der Waals surface area contributed by atoms with Crippen LogP contribution in [0.15, 0.2) is 51.8 Å². The largest absolute Gasteiger partial charge is 0.573 e. The van der Waals surface area contributed by atoms with Crippen LogP contribution in [0, 0.1) is 0 Å². The number of aryl methyl sites for hydroxylation is 1. The molecule has 3 rings (SSSR count). The minimum Gasteiger partial charge on any atom is -0.406 e. The smallest absolute Gasteiger partial charge is 0.406 e. The van der Waals surface area contributed by atoms with Crippen molar-refractivity contribution in [1.29, 1.82) is 0 Å². The number of halogens is 3. The number of aromatic nitrogens is 2. The normalized spacial score (nSPS) is 13.6. The molecule has 0 amide bonds. The van der Waals surface area contributed by atoms with Crippen molar-refractivity contribution in [1.82, 2.24) is 9.55 Å². The van der Waals surface area contributed by atoms with Crippen molar-refractivity contribution in [3.8, 4) is 11.4 Å². The quantitative estimate of drug-likeness (QED) is 0.441. The lowest BCUT2D eigenvalue weighted by Crippen LogP contribution is -2.24. The average Bonchev–Trinajstić information content (AvgIpc) is 3.01. The van der Waals surface area contributed by atoms with Gasteiger partial charge in [0.15, 0.2) is 5.16 Å². The number of thioether (sulfide) groups is 2. The lowest BCUT2D eigenvalue weighted by Gasteiger charge is -2.14. The van der Waals surface area contributed by atoms with Crippen LogP contribution in [0.2, 0.25) is 0 Å². The number of hydrogen-bond donors (Lipinski definition) is 0. The van der Waals surface area contributed by atoms with E-state index < -0.39 is 6.36 Å². The fraction of sp³-hybridized carbons (Fsp3) is 0.250. The van der Waals surface area contributed by atoms with Crippen LogP contribution < -0.4 is 10.3 Å². The molecule has 0 bridgehead atoms. The van der Waals surface area contributed by atoms with Gasteiger partial charge in [-0.05, 0) is 24.3 Å². The molecule has 1 aromatic carbocycles. The van der Waals surface area contributed by atoms with Gasteiger partial charge in [-0.25, -0.2) is 4.98 Å². The van der Waals surface area contributed by atoms with Crippen LogP contribution in [0.4, 0.5) is 13.2 Å². The van der Waals surface area contributed by atoms with Gasteiger partial charge in [-0.15, -0.1) is 31.5 Å². The van der Waals surface area contributed by atoms with Crippen molar-refractivity contribution < 1.29 is 17.9 Å². The van der Waals surface area contributed by atoms with Crippen LogP contribution in [0.5, 0.6) is 5.75 Å². The highest BCUT2D eigenvalue weighted by molar-refractivity contribution is 7.99. The maximum atomic E-state index is 12.8. The molecule has 132 valence electrons. The molecule has 9 heteroatoms. The summed E-state index contributed by atoms with van der Waals surface area (Å²) < 4.78 is 42.1. The third kappa shape index (κ3) is 4.04. The summed E-state index contributed by atoms with van der Waals surface area (Å²) in [5, 5.41) is 0.496. The molecule has 1 aliphatic rings. The van der Waals surface area contributed by atoms with Crippen LogP contribution in [-0.2, 0) is 6.42 Å². The van der Waals surface area contributed by atoms with E-state index in [-0.39, 0.29) is 11.3 Å². The first-order valence-electron chi connectivity index (χ1n) is 7.27. The lowest BCUT2D eigenvalue weighted by atomic mass is 10.3. The molecule has 0 fully saturated rings. The molecule has 0 saturated heterocycles. The zero-order valence-electron chi connectivity index (χ0n) is 12.9. The van der Waals surface area contributed by atoms with Crippen molar-refractivity contribution in [3.05, 3.63) is 53.0 Å². The summed E-state index contributed by atoms with van der Waals surface area (Å²) in [6, 6.07) is 5.18. The Morgan fingerprint density at radius 2 is 2.08 bits per heavy atom. The molecule has 2 heterocycles. The molecular weight excluding hydrogens is 373 g/mol. The summed E-state index contributed by atoms with van der Waals surface area (Å²) in [6.45, 7) is 3.66. The third-order valence-electron chi connectivity index (χ3n) is 3.33. The number of benzene rings is 1. The average molecular weight is 386 g/mol. The summed E-state index contributed by atoms with van der Waals surface area (Å²) in [5.74, 6) is 1.02. The highest BCUT2D eigenvalue weighted by Crippen LogP contribution is 2.30. The molecule has 0 unspecified atom stereocenters. The van der Waals surface area contributed by atoms with Gasteiger partial charge in [0, 0.05) is 17.9 Å². The fourth-order valence-electron chi connectivity index (χ4n) is 2.35. The first-order chi connectivity index (χ1) is 11.9. The van der Waals surface area contributed by atoms with Crippen molar-refractivity contribution in [2.75, 3.05) is 11.5 Å². The molecule has 0 atom stereocenters. The van der Waals surface area contributed by atoms with Gasteiger partial charge in [0.25, 0.3) is 5.56 Å². The topological polar surface area (TPSA) is 44.1 Å². The predicted molar refractivity (Wildman–Crippen MR) is 91.9 cm³/mol. The van der Waals surface area contributed by atoms with Crippen molar-refractivity contribution in [3.63, 3.8) is 0 Å². The van der Waals surface area contributed by atoms with E-state index in [2.05, 4.69) is 16.3 Å². The van der Waals surface area contributed by atoms with Gasteiger partial charge in [-0.1, -0.05) is 17.8 Å². The predicted octanol–water partition coefficient (Wildman–Crippen LogP) is 4.06. The van der Waals surface area contributed by atoms with Crippen LogP contribution in [-0.4, -0.2) is 27.4 Å². The van der Waals surface area contributed by atoms with E-state index in [4.69, 9.17) is 0 Å². The first-order valence-corrected chi connectivity index (χ1v) is 9.25. The molecule has 1 aliphatic heterocycles. The molecule has 0 radical (unpaired) electrons. The molecule has 0 N–H and O–H groups in total. The number of ether oxygens (including phenoxy) is 1. The van der Waals surface area contributed by atoms with E-state index in [1.807, 2.05) is 0 Å². The summed E-state index contributed by atoms with van der Waals surface area (Å²) in [4.78, 5) is 18.0. The zero-order valence-corrected chi connectivity index (χ0v) is 14.5. The Labute approximate surface area is 150 Å². The minimum atomic E-state index is -4.75. The summed E-state index contributed by atoms with van der Waals surface area (Å²) >= 11 is 2.80. The minimum absolute atomic E-state index is 0.205. The Balaban J connectivity index is 2.03. The molecular formula is C16H13F3N2O2S2. The van der Waals surface area contributed by atoms with E-state index in [1.165, 1.54) is 52.4 Å². The Morgan fingerprint density at radius 3 is 2.72 bits per heavy atom. The summed E-state index contributed by atoms with van der Waals surface area (Å²) in [7, 11) is 0. The van der Waals surface area contributed by atoms with Crippen molar-refractivity contribution >= 4 is 23.5 Å². The van der Waals surface area contributed by atoms with E-state index in [0.717, 1.165) is 17.9 Å². The Hall–Kier alpha value is -1.87. The molecule has 0 saturated carbocycles. The van der Waals surface area contributed by atoms with Crippen molar-refractivity contribution in [2.45, 2.75) is 22.8 Å².